The van der Waals surface area contributed by atoms with E-state index in [0.717, 1.165) is 25.7 Å². The molecule has 1 aliphatic carbocycles. The molecule has 1 saturated carbocycles. The number of aromatic hydroxyl groups is 2. The number of nitrogens with zero attached hydrogens (tertiary/aromatic N) is 1. The number of alkyl halides is 1. The Morgan fingerprint density at radius 1 is 1.32 bits per heavy atom. The van der Waals surface area contributed by atoms with Crippen LogP contribution >= 0.6 is 15.9 Å². The van der Waals surface area contributed by atoms with Gasteiger partial charge in [0.2, 0.25) is 0 Å². The van der Waals surface area contributed by atoms with Crippen LogP contribution in [0.25, 0.3) is 0 Å². The van der Waals surface area contributed by atoms with Gasteiger partial charge in [0.15, 0.2) is 0 Å². The molecule has 0 radical (unpaired) electrons. The molecule has 1 aliphatic rings. The van der Waals surface area contributed by atoms with Crippen molar-refractivity contribution in [1.29, 1.82) is 0 Å². The van der Waals surface area contributed by atoms with Crippen molar-refractivity contribution in [3.63, 3.8) is 0 Å². The minimum Gasteiger partial charge on any atom is -0.508 e. The van der Waals surface area contributed by atoms with Gasteiger partial charge >= 0.3 is 0 Å². The van der Waals surface area contributed by atoms with Crippen molar-refractivity contribution in [2.24, 2.45) is 0 Å². The summed E-state index contributed by atoms with van der Waals surface area (Å²) in [6, 6.07) is 4.36. The van der Waals surface area contributed by atoms with Crippen LogP contribution in [0.4, 0.5) is 0 Å². The topological polar surface area (TPSA) is 60.8 Å². The average molecular weight is 328 g/mol. The van der Waals surface area contributed by atoms with Gasteiger partial charge in [-0.2, -0.15) is 0 Å². The summed E-state index contributed by atoms with van der Waals surface area (Å²) in [5.74, 6) is -0.367. The van der Waals surface area contributed by atoms with E-state index >= 15 is 0 Å². The first-order valence-electron chi connectivity index (χ1n) is 6.52. The number of hydrogen-bond donors (Lipinski definition) is 2. The van der Waals surface area contributed by atoms with E-state index in [-0.39, 0.29) is 29.0 Å². The number of phenolic OH excluding ortho intramolecular Hbond substituents is 2. The second-order valence-electron chi connectivity index (χ2n) is 4.83. The van der Waals surface area contributed by atoms with Gasteiger partial charge in [-0.3, -0.25) is 4.79 Å². The lowest BCUT2D eigenvalue weighted by Gasteiger charge is -2.28. The van der Waals surface area contributed by atoms with Crippen LogP contribution in [0.3, 0.4) is 0 Å². The highest BCUT2D eigenvalue weighted by Crippen LogP contribution is 2.28. The predicted octanol–water partition coefficient (Wildman–Crippen LogP) is 2.88. The van der Waals surface area contributed by atoms with Crippen molar-refractivity contribution < 1.29 is 15.0 Å². The molecule has 4 nitrogen and oxygen atoms in total. The Bertz CT molecular complexity index is 458. The summed E-state index contributed by atoms with van der Waals surface area (Å²) in [7, 11) is 0. The van der Waals surface area contributed by atoms with Crippen LogP contribution in [0.15, 0.2) is 18.2 Å². The van der Waals surface area contributed by atoms with Crippen molar-refractivity contribution >= 4 is 21.8 Å². The lowest BCUT2D eigenvalue weighted by Crippen LogP contribution is -2.40. The molecule has 2 N–H and O–H groups in total. The zero-order valence-corrected chi connectivity index (χ0v) is 12.3. The molecule has 0 spiro atoms. The average Bonchev–Trinajstić information content (AvgIpc) is 2.89. The monoisotopic (exact) mass is 327 g/mol. The largest absolute Gasteiger partial charge is 0.508 e. The molecule has 0 bridgehead atoms. The molecule has 1 aromatic rings. The molecule has 1 fully saturated rings. The lowest BCUT2D eigenvalue weighted by atomic mass is 10.1. The van der Waals surface area contributed by atoms with E-state index in [9.17, 15) is 15.0 Å². The van der Waals surface area contributed by atoms with Gasteiger partial charge in [-0.15, -0.1) is 0 Å². The lowest BCUT2D eigenvalue weighted by molar-refractivity contribution is 0.0693. The molecule has 5 heteroatoms. The molecule has 0 heterocycles. The summed E-state index contributed by atoms with van der Waals surface area (Å²) < 4.78 is 0. The van der Waals surface area contributed by atoms with Gasteiger partial charge in [0.05, 0.1) is 5.56 Å². The van der Waals surface area contributed by atoms with Crippen molar-refractivity contribution in [1.82, 2.24) is 4.90 Å². The first kappa shape index (κ1) is 14.2. The zero-order chi connectivity index (χ0) is 13.8. The minimum atomic E-state index is -0.164. The Morgan fingerprint density at radius 2 is 2.00 bits per heavy atom. The van der Waals surface area contributed by atoms with Gasteiger partial charge in [-0.25, -0.2) is 0 Å². The highest BCUT2D eigenvalue weighted by Gasteiger charge is 2.28. The van der Waals surface area contributed by atoms with Crippen LogP contribution in [-0.4, -0.2) is 38.9 Å². The van der Waals surface area contributed by atoms with Gasteiger partial charge < -0.3 is 15.1 Å². The van der Waals surface area contributed by atoms with Crippen LogP contribution in [-0.2, 0) is 0 Å². The molecule has 0 atom stereocenters. The van der Waals surface area contributed by atoms with Gasteiger partial charge in [-0.05, 0) is 25.0 Å². The summed E-state index contributed by atoms with van der Waals surface area (Å²) in [6.07, 6.45) is 4.35. The molecule has 0 saturated heterocycles. The third kappa shape index (κ3) is 3.21. The van der Waals surface area contributed by atoms with Crippen LogP contribution in [0.1, 0.15) is 36.0 Å². The summed E-state index contributed by atoms with van der Waals surface area (Å²) in [5.41, 5.74) is 0.255. The number of phenols is 2. The van der Waals surface area contributed by atoms with Crippen LogP contribution in [0, 0.1) is 0 Å². The zero-order valence-electron chi connectivity index (χ0n) is 10.7. The quantitative estimate of drug-likeness (QED) is 0.836. The van der Waals surface area contributed by atoms with E-state index in [1.807, 2.05) is 4.90 Å². The first-order valence-corrected chi connectivity index (χ1v) is 7.64. The van der Waals surface area contributed by atoms with Gasteiger partial charge in [0.1, 0.15) is 11.5 Å². The van der Waals surface area contributed by atoms with E-state index < -0.39 is 0 Å². The molecule has 0 aromatic heterocycles. The van der Waals surface area contributed by atoms with Crippen LogP contribution in [0.5, 0.6) is 11.5 Å². The highest BCUT2D eigenvalue weighted by molar-refractivity contribution is 9.09. The Labute approximate surface area is 121 Å². The Morgan fingerprint density at radius 3 is 2.58 bits per heavy atom. The minimum absolute atomic E-state index is 0.0399. The van der Waals surface area contributed by atoms with E-state index in [0.29, 0.717) is 11.9 Å². The number of carbonyl (C=O) groups excluding carboxylic acids is 1. The Kier molecular flexibility index (Phi) is 4.69. The smallest absolute Gasteiger partial charge is 0.257 e. The Balaban J connectivity index is 2.22. The van der Waals surface area contributed by atoms with Crippen molar-refractivity contribution in [3.8, 4) is 11.5 Å². The number of halogens is 1. The normalized spacial score (nSPS) is 15.6. The van der Waals surface area contributed by atoms with Crippen molar-refractivity contribution in [2.45, 2.75) is 31.7 Å². The molecular formula is C14H18BrNO3. The third-order valence-corrected chi connectivity index (χ3v) is 3.92. The van der Waals surface area contributed by atoms with Gasteiger partial charge in [0.25, 0.3) is 5.91 Å². The number of amides is 1. The molecule has 19 heavy (non-hydrogen) atoms. The molecule has 2 rings (SSSR count). The van der Waals surface area contributed by atoms with Crippen LogP contribution in [0.2, 0.25) is 0 Å². The number of benzene rings is 1. The first-order chi connectivity index (χ1) is 9.13. The molecule has 1 amide bonds. The SMILES string of the molecule is O=C(c1ccc(O)cc1O)N(CCBr)C1CCCC1. The fraction of sp³-hybridized carbons (Fsp3) is 0.500. The molecular weight excluding hydrogens is 310 g/mol. The summed E-state index contributed by atoms with van der Waals surface area (Å²) in [4.78, 5) is 14.3. The van der Waals surface area contributed by atoms with Crippen molar-refractivity contribution in [3.05, 3.63) is 23.8 Å². The van der Waals surface area contributed by atoms with Crippen LogP contribution < -0.4 is 0 Å². The highest BCUT2D eigenvalue weighted by atomic mass is 79.9. The van der Waals surface area contributed by atoms with E-state index in [4.69, 9.17) is 0 Å². The number of rotatable bonds is 4. The number of hydrogen-bond acceptors (Lipinski definition) is 3. The second-order valence-corrected chi connectivity index (χ2v) is 5.62. The maximum absolute atomic E-state index is 12.5. The summed E-state index contributed by atoms with van der Waals surface area (Å²) >= 11 is 3.37. The Hall–Kier alpha value is -1.23. The van der Waals surface area contributed by atoms with E-state index in [2.05, 4.69) is 15.9 Å². The second kappa shape index (κ2) is 6.28. The van der Waals surface area contributed by atoms with E-state index in [1.54, 1.807) is 0 Å². The molecule has 104 valence electrons. The van der Waals surface area contributed by atoms with Gasteiger partial charge in [0, 0.05) is 24.0 Å². The fourth-order valence-corrected chi connectivity index (χ4v) is 2.99. The number of carbonyl (C=O) groups is 1. The van der Waals surface area contributed by atoms with Crippen molar-refractivity contribution in [2.75, 3.05) is 11.9 Å². The molecule has 1 aromatic carbocycles. The van der Waals surface area contributed by atoms with Gasteiger partial charge in [-0.1, -0.05) is 28.8 Å². The molecule has 0 aliphatic heterocycles. The van der Waals surface area contributed by atoms with E-state index in [1.165, 1.54) is 18.2 Å². The summed E-state index contributed by atoms with van der Waals surface area (Å²) in [6.45, 7) is 0.629. The predicted molar refractivity (Wildman–Crippen MR) is 76.9 cm³/mol. The third-order valence-electron chi connectivity index (χ3n) is 3.56. The molecule has 0 unspecified atom stereocenters. The maximum atomic E-state index is 12.5. The summed E-state index contributed by atoms with van der Waals surface area (Å²) in [5, 5.41) is 19.8. The standard InChI is InChI=1S/C14H18BrNO3/c15-7-8-16(10-3-1-2-4-10)14(19)12-6-5-11(17)9-13(12)18/h5-6,9-10,17-18H,1-4,7-8H2. The maximum Gasteiger partial charge on any atom is 0.257 e. The fourth-order valence-electron chi connectivity index (χ4n) is 2.61.